The van der Waals surface area contributed by atoms with Gasteiger partial charge in [-0.3, -0.25) is 9.88 Å². The van der Waals surface area contributed by atoms with Gasteiger partial charge in [0, 0.05) is 63.1 Å². The predicted molar refractivity (Wildman–Crippen MR) is 111 cm³/mol. The van der Waals surface area contributed by atoms with Crippen LogP contribution in [0.15, 0.2) is 24.8 Å². The maximum Gasteiger partial charge on any atom is 0.143 e. The molecule has 5 rings (SSSR count). The number of rotatable bonds is 3. The maximum absolute atomic E-state index is 14.1. The van der Waals surface area contributed by atoms with Crippen LogP contribution in [0.5, 0.6) is 0 Å². The Bertz CT molecular complexity index is 889. The minimum Gasteiger partial charge on any atom is -0.367 e. The first-order valence-corrected chi connectivity index (χ1v) is 10.6. The van der Waals surface area contributed by atoms with Crippen molar-refractivity contribution < 1.29 is 4.39 Å². The molecule has 2 aromatic heterocycles. The highest BCUT2D eigenvalue weighted by atomic mass is 19.1. The molecular weight excluding hydrogens is 367 g/mol. The summed E-state index contributed by atoms with van der Waals surface area (Å²) in [5.41, 5.74) is 3.94. The number of nitrogens with zero attached hydrogens (tertiary/aromatic N) is 6. The standard InChI is InChI=1S/C22H29FN6/c1-16-19(12-24-15-26-16)21-20(9-17(23)11-25-21)29-7-5-28(6-8-29)18-3-4-22(10-18)13-27(2)14-22/h9,11-12,15,18H,3-8,10,13-14H2,1-2H3. The Labute approximate surface area is 171 Å². The van der Waals surface area contributed by atoms with Gasteiger partial charge in [0.1, 0.15) is 12.1 Å². The predicted octanol–water partition coefficient (Wildman–Crippen LogP) is 2.59. The number of halogens is 1. The van der Waals surface area contributed by atoms with Crippen molar-refractivity contribution in [2.45, 2.75) is 32.2 Å². The number of pyridine rings is 1. The maximum atomic E-state index is 14.1. The van der Waals surface area contributed by atoms with Crippen LogP contribution >= 0.6 is 0 Å². The van der Waals surface area contributed by atoms with E-state index in [4.69, 9.17) is 0 Å². The fraction of sp³-hybridized carbons (Fsp3) is 0.591. The number of likely N-dealkylation sites (tertiary alicyclic amines) is 1. The lowest BCUT2D eigenvalue weighted by molar-refractivity contribution is 0.0204. The normalized spacial score (nSPS) is 24.8. The molecule has 4 heterocycles. The molecule has 0 amide bonds. The number of piperazine rings is 1. The Morgan fingerprint density at radius 2 is 1.90 bits per heavy atom. The van der Waals surface area contributed by atoms with Gasteiger partial charge in [-0.25, -0.2) is 14.4 Å². The molecule has 0 N–H and O–H groups in total. The van der Waals surface area contributed by atoms with Crippen LogP contribution in [0.4, 0.5) is 10.1 Å². The lowest BCUT2D eigenvalue weighted by Crippen LogP contribution is -2.54. The first-order valence-electron chi connectivity index (χ1n) is 10.6. The summed E-state index contributed by atoms with van der Waals surface area (Å²) in [7, 11) is 2.22. The van der Waals surface area contributed by atoms with E-state index in [9.17, 15) is 4.39 Å². The molecule has 1 unspecified atom stereocenters. The van der Waals surface area contributed by atoms with Crippen molar-refractivity contribution in [3.8, 4) is 11.3 Å². The molecule has 2 saturated heterocycles. The molecule has 2 aliphatic heterocycles. The summed E-state index contributed by atoms with van der Waals surface area (Å²) < 4.78 is 14.1. The summed E-state index contributed by atoms with van der Waals surface area (Å²) >= 11 is 0. The zero-order valence-electron chi connectivity index (χ0n) is 17.3. The minimum atomic E-state index is -0.299. The number of aryl methyl sites for hydroxylation is 1. The van der Waals surface area contributed by atoms with Gasteiger partial charge in [0.15, 0.2) is 0 Å². The average molecular weight is 397 g/mol. The molecule has 3 fully saturated rings. The minimum absolute atomic E-state index is 0.299. The highest BCUT2D eigenvalue weighted by Gasteiger charge is 2.48. The Hall–Kier alpha value is -2.12. The van der Waals surface area contributed by atoms with Crippen LogP contribution in [-0.4, -0.2) is 77.1 Å². The van der Waals surface area contributed by atoms with Gasteiger partial charge in [-0.15, -0.1) is 0 Å². The van der Waals surface area contributed by atoms with Crippen LogP contribution in [-0.2, 0) is 0 Å². The smallest absolute Gasteiger partial charge is 0.143 e. The summed E-state index contributed by atoms with van der Waals surface area (Å²) in [5.74, 6) is -0.299. The zero-order chi connectivity index (χ0) is 20.0. The third-order valence-electron chi connectivity index (χ3n) is 7.06. The molecule has 0 bridgehead atoms. The molecule has 1 spiro atoms. The van der Waals surface area contributed by atoms with Crippen molar-refractivity contribution >= 4 is 5.69 Å². The third kappa shape index (κ3) is 3.51. The molecule has 1 aliphatic carbocycles. The quantitative estimate of drug-likeness (QED) is 0.795. The Balaban J connectivity index is 1.30. The molecular formula is C22H29FN6. The van der Waals surface area contributed by atoms with Crippen LogP contribution in [0.2, 0.25) is 0 Å². The van der Waals surface area contributed by atoms with Crippen LogP contribution in [0.25, 0.3) is 11.3 Å². The molecule has 1 atom stereocenters. The van der Waals surface area contributed by atoms with E-state index in [0.717, 1.165) is 48.8 Å². The van der Waals surface area contributed by atoms with E-state index in [-0.39, 0.29) is 5.82 Å². The fourth-order valence-corrected chi connectivity index (χ4v) is 5.70. The van der Waals surface area contributed by atoms with Gasteiger partial charge in [-0.1, -0.05) is 0 Å². The van der Waals surface area contributed by atoms with E-state index in [0.29, 0.717) is 11.5 Å². The van der Waals surface area contributed by atoms with Crippen molar-refractivity contribution in [2.75, 3.05) is 51.2 Å². The molecule has 7 heteroatoms. The van der Waals surface area contributed by atoms with Crippen LogP contribution in [0.1, 0.15) is 25.0 Å². The summed E-state index contributed by atoms with van der Waals surface area (Å²) in [6, 6.07) is 2.32. The lowest BCUT2D eigenvalue weighted by atomic mass is 9.78. The van der Waals surface area contributed by atoms with E-state index >= 15 is 0 Å². The molecule has 3 aliphatic rings. The molecule has 0 aromatic carbocycles. The van der Waals surface area contributed by atoms with Crippen LogP contribution < -0.4 is 4.90 Å². The third-order valence-corrected chi connectivity index (χ3v) is 7.06. The summed E-state index contributed by atoms with van der Waals surface area (Å²) in [5, 5.41) is 0. The van der Waals surface area contributed by atoms with Gasteiger partial charge in [-0.2, -0.15) is 0 Å². The Morgan fingerprint density at radius 1 is 1.10 bits per heavy atom. The van der Waals surface area contributed by atoms with Gasteiger partial charge in [0.2, 0.25) is 0 Å². The Kier molecular flexibility index (Phi) is 4.75. The molecule has 2 aromatic rings. The molecule has 6 nitrogen and oxygen atoms in total. The Morgan fingerprint density at radius 3 is 2.62 bits per heavy atom. The average Bonchev–Trinajstić information content (AvgIpc) is 3.14. The van der Waals surface area contributed by atoms with Crippen molar-refractivity contribution in [1.29, 1.82) is 0 Å². The van der Waals surface area contributed by atoms with Gasteiger partial charge in [0.05, 0.1) is 23.3 Å². The van der Waals surface area contributed by atoms with E-state index < -0.39 is 0 Å². The molecule has 29 heavy (non-hydrogen) atoms. The van der Waals surface area contributed by atoms with Crippen LogP contribution in [0.3, 0.4) is 0 Å². The topological polar surface area (TPSA) is 48.4 Å². The molecule has 154 valence electrons. The van der Waals surface area contributed by atoms with Gasteiger partial charge in [0.25, 0.3) is 0 Å². The second-order valence-electron chi connectivity index (χ2n) is 9.14. The van der Waals surface area contributed by atoms with Gasteiger partial charge < -0.3 is 9.80 Å². The SMILES string of the molecule is Cc1ncncc1-c1ncc(F)cc1N1CCN(C2CCC3(C2)CN(C)C3)CC1. The summed E-state index contributed by atoms with van der Waals surface area (Å²) in [6.45, 7) is 8.31. The van der Waals surface area contributed by atoms with Gasteiger partial charge >= 0.3 is 0 Å². The highest BCUT2D eigenvalue weighted by Crippen LogP contribution is 2.46. The van der Waals surface area contributed by atoms with Gasteiger partial charge in [-0.05, 0) is 38.6 Å². The number of hydrogen-bond donors (Lipinski definition) is 0. The van der Waals surface area contributed by atoms with Crippen molar-refractivity contribution in [3.05, 3.63) is 36.3 Å². The van der Waals surface area contributed by atoms with Crippen molar-refractivity contribution in [1.82, 2.24) is 24.8 Å². The molecule has 1 saturated carbocycles. The molecule has 0 radical (unpaired) electrons. The number of aromatic nitrogens is 3. The van der Waals surface area contributed by atoms with E-state index in [1.165, 1.54) is 44.9 Å². The van der Waals surface area contributed by atoms with Crippen molar-refractivity contribution in [3.63, 3.8) is 0 Å². The lowest BCUT2D eigenvalue weighted by Gasteiger charge is -2.47. The first-order chi connectivity index (χ1) is 14.0. The number of anilines is 1. The van der Waals surface area contributed by atoms with E-state index in [2.05, 4.69) is 36.7 Å². The van der Waals surface area contributed by atoms with Crippen LogP contribution in [0, 0.1) is 18.2 Å². The van der Waals surface area contributed by atoms with E-state index in [1.807, 2.05) is 6.92 Å². The van der Waals surface area contributed by atoms with Crippen molar-refractivity contribution in [2.24, 2.45) is 5.41 Å². The first kappa shape index (κ1) is 18.9. The number of hydrogen-bond acceptors (Lipinski definition) is 6. The van der Waals surface area contributed by atoms with E-state index in [1.54, 1.807) is 12.3 Å². The summed E-state index contributed by atoms with van der Waals surface area (Å²) in [4.78, 5) is 20.2. The zero-order valence-corrected chi connectivity index (χ0v) is 17.3. The second-order valence-corrected chi connectivity index (χ2v) is 9.14. The monoisotopic (exact) mass is 396 g/mol. The largest absolute Gasteiger partial charge is 0.367 e. The summed E-state index contributed by atoms with van der Waals surface area (Å²) in [6.07, 6.45) is 8.62. The highest BCUT2D eigenvalue weighted by molar-refractivity contribution is 5.76. The second kappa shape index (κ2) is 7.29. The fourth-order valence-electron chi connectivity index (χ4n) is 5.70.